The van der Waals surface area contributed by atoms with Gasteiger partial charge in [0.25, 0.3) is 0 Å². The van der Waals surface area contributed by atoms with E-state index in [-0.39, 0.29) is 23.3 Å². The lowest BCUT2D eigenvalue weighted by molar-refractivity contribution is -0.274. The van der Waals surface area contributed by atoms with Crippen LogP contribution >= 0.6 is 0 Å². The lowest BCUT2D eigenvalue weighted by atomic mass is 10.0. The van der Waals surface area contributed by atoms with Gasteiger partial charge in [0.05, 0.1) is 4.90 Å². The molecule has 2 aromatic carbocycles. The molecule has 2 aromatic rings. The van der Waals surface area contributed by atoms with Gasteiger partial charge in [0, 0.05) is 38.8 Å². The van der Waals surface area contributed by atoms with Gasteiger partial charge in [-0.1, -0.05) is 12.1 Å². The number of halogens is 4. The van der Waals surface area contributed by atoms with Gasteiger partial charge in [0.15, 0.2) is 0 Å². The van der Waals surface area contributed by atoms with Crippen molar-refractivity contribution in [1.29, 1.82) is 0 Å². The Morgan fingerprint density at radius 2 is 1.63 bits per heavy atom. The maximum Gasteiger partial charge on any atom is 0.573 e. The average Bonchev–Trinajstić information content (AvgIpc) is 2.69. The predicted molar refractivity (Wildman–Crippen MR) is 102 cm³/mol. The first-order chi connectivity index (χ1) is 14.1. The van der Waals surface area contributed by atoms with Crippen molar-refractivity contribution in [3.8, 4) is 5.75 Å². The van der Waals surface area contributed by atoms with E-state index < -0.39 is 22.1 Å². The summed E-state index contributed by atoms with van der Waals surface area (Å²) in [7, 11) is -3.97. The third-order valence-electron chi connectivity index (χ3n) is 4.68. The fourth-order valence-electron chi connectivity index (χ4n) is 3.23. The third kappa shape index (κ3) is 6.14. The Labute approximate surface area is 171 Å². The first-order valence-electron chi connectivity index (χ1n) is 9.20. The summed E-state index contributed by atoms with van der Waals surface area (Å²) in [4.78, 5) is 1.90. The van der Waals surface area contributed by atoms with Crippen molar-refractivity contribution in [3.05, 3.63) is 59.9 Å². The standard InChI is InChI=1S/C19H21F4N3O3S/c20-15-3-1-14(2-4-15)18(26-11-9-24-10-12-26)13-25-30(27,28)17-7-5-16(6-8-17)29-19(21,22)23/h1-8,18,24-25H,9-13H2/t18-/m1/s1. The zero-order valence-corrected chi connectivity index (χ0v) is 16.6. The summed E-state index contributed by atoms with van der Waals surface area (Å²) >= 11 is 0. The molecule has 6 nitrogen and oxygen atoms in total. The summed E-state index contributed by atoms with van der Waals surface area (Å²) in [6.45, 7) is 2.88. The Morgan fingerprint density at radius 3 is 2.20 bits per heavy atom. The molecule has 0 unspecified atom stereocenters. The van der Waals surface area contributed by atoms with E-state index in [1.54, 1.807) is 12.1 Å². The second-order valence-electron chi connectivity index (χ2n) is 6.72. The summed E-state index contributed by atoms with van der Waals surface area (Å²) in [5.41, 5.74) is 0.759. The van der Waals surface area contributed by atoms with Gasteiger partial charge in [-0.3, -0.25) is 4.90 Å². The van der Waals surface area contributed by atoms with Crippen LogP contribution < -0.4 is 14.8 Å². The zero-order valence-electron chi connectivity index (χ0n) is 15.8. The van der Waals surface area contributed by atoms with Crippen LogP contribution in [0.25, 0.3) is 0 Å². The van der Waals surface area contributed by atoms with Gasteiger partial charge in [-0.2, -0.15) is 0 Å². The number of hydrogen-bond acceptors (Lipinski definition) is 5. The van der Waals surface area contributed by atoms with Gasteiger partial charge in [0.2, 0.25) is 10.0 Å². The molecule has 0 saturated carbocycles. The largest absolute Gasteiger partial charge is 0.573 e. The Balaban J connectivity index is 1.74. The minimum absolute atomic E-state index is 0.0226. The fourth-order valence-corrected chi connectivity index (χ4v) is 4.27. The SMILES string of the molecule is O=S(=O)(NC[C@H](c1ccc(F)cc1)N1CCNCC1)c1ccc(OC(F)(F)F)cc1. The third-order valence-corrected chi connectivity index (χ3v) is 6.12. The molecule has 1 atom stereocenters. The molecule has 0 bridgehead atoms. The molecule has 3 rings (SSSR count). The van der Waals surface area contributed by atoms with E-state index in [4.69, 9.17) is 0 Å². The van der Waals surface area contributed by atoms with E-state index in [9.17, 15) is 26.0 Å². The monoisotopic (exact) mass is 447 g/mol. The number of nitrogens with zero attached hydrogens (tertiary/aromatic N) is 1. The molecule has 164 valence electrons. The number of alkyl halides is 3. The van der Waals surface area contributed by atoms with Gasteiger partial charge >= 0.3 is 6.36 Å². The predicted octanol–water partition coefficient (Wildman–Crippen LogP) is 2.65. The Kier molecular flexibility index (Phi) is 6.96. The highest BCUT2D eigenvalue weighted by molar-refractivity contribution is 7.89. The van der Waals surface area contributed by atoms with Crippen molar-refractivity contribution in [2.24, 2.45) is 0 Å². The number of sulfonamides is 1. The molecule has 0 aromatic heterocycles. The minimum atomic E-state index is -4.86. The Bertz CT molecular complexity index is 929. The van der Waals surface area contributed by atoms with E-state index in [1.165, 1.54) is 12.1 Å². The van der Waals surface area contributed by atoms with Crippen molar-refractivity contribution < 1.29 is 30.7 Å². The average molecular weight is 447 g/mol. The van der Waals surface area contributed by atoms with Crippen molar-refractivity contribution >= 4 is 10.0 Å². The number of piperazine rings is 1. The summed E-state index contributed by atoms with van der Waals surface area (Å²) in [5, 5.41) is 3.22. The molecule has 1 aliphatic heterocycles. The molecule has 1 heterocycles. The van der Waals surface area contributed by atoms with Crippen LogP contribution in [0.2, 0.25) is 0 Å². The van der Waals surface area contributed by atoms with Crippen molar-refractivity contribution in [2.75, 3.05) is 32.7 Å². The van der Waals surface area contributed by atoms with E-state index >= 15 is 0 Å². The van der Waals surface area contributed by atoms with Gasteiger partial charge < -0.3 is 10.1 Å². The molecular formula is C19H21F4N3O3S. The van der Waals surface area contributed by atoms with Crippen LogP contribution in [0.3, 0.4) is 0 Å². The van der Waals surface area contributed by atoms with E-state index in [2.05, 4.69) is 19.7 Å². The van der Waals surface area contributed by atoms with Crippen LogP contribution in [0.1, 0.15) is 11.6 Å². The fraction of sp³-hybridized carbons (Fsp3) is 0.368. The highest BCUT2D eigenvalue weighted by atomic mass is 32.2. The van der Waals surface area contributed by atoms with Crippen molar-refractivity contribution in [1.82, 2.24) is 14.9 Å². The molecule has 1 fully saturated rings. The molecule has 1 aliphatic rings. The molecule has 2 N–H and O–H groups in total. The molecule has 0 amide bonds. The van der Waals surface area contributed by atoms with Gasteiger partial charge in [0.1, 0.15) is 11.6 Å². The second-order valence-corrected chi connectivity index (χ2v) is 8.49. The number of benzene rings is 2. The maximum atomic E-state index is 13.3. The number of rotatable bonds is 7. The topological polar surface area (TPSA) is 70.7 Å². The molecule has 1 saturated heterocycles. The van der Waals surface area contributed by atoms with Gasteiger partial charge in [-0.05, 0) is 42.0 Å². The highest BCUT2D eigenvalue weighted by Crippen LogP contribution is 2.25. The van der Waals surface area contributed by atoms with Crippen LogP contribution in [0.4, 0.5) is 17.6 Å². The maximum absolute atomic E-state index is 13.3. The minimum Gasteiger partial charge on any atom is -0.406 e. The lowest BCUT2D eigenvalue weighted by Gasteiger charge is -2.35. The smallest absolute Gasteiger partial charge is 0.406 e. The normalized spacial score (nSPS) is 16.9. The molecule has 0 spiro atoms. The molecule has 11 heteroatoms. The lowest BCUT2D eigenvalue weighted by Crippen LogP contribution is -2.48. The second kappa shape index (κ2) is 9.29. The number of nitrogens with one attached hydrogen (secondary N) is 2. The van der Waals surface area contributed by atoms with E-state index in [0.29, 0.717) is 13.1 Å². The zero-order chi connectivity index (χ0) is 21.8. The first-order valence-corrected chi connectivity index (χ1v) is 10.7. The van der Waals surface area contributed by atoms with Crippen LogP contribution in [0, 0.1) is 5.82 Å². The Morgan fingerprint density at radius 1 is 1.03 bits per heavy atom. The summed E-state index contributed by atoms with van der Waals surface area (Å²) in [5.74, 6) is -0.897. The van der Waals surface area contributed by atoms with Crippen LogP contribution in [-0.2, 0) is 10.0 Å². The van der Waals surface area contributed by atoms with E-state index in [1.807, 2.05) is 0 Å². The Hall–Kier alpha value is -2.21. The van der Waals surface area contributed by atoms with Crippen LogP contribution in [-0.4, -0.2) is 52.4 Å². The van der Waals surface area contributed by atoms with Crippen LogP contribution in [0.15, 0.2) is 53.4 Å². The quantitative estimate of drug-likeness (QED) is 0.639. The van der Waals surface area contributed by atoms with Crippen molar-refractivity contribution in [2.45, 2.75) is 17.3 Å². The summed E-state index contributed by atoms with van der Waals surface area (Å²) in [6.07, 6.45) is -4.86. The van der Waals surface area contributed by atoms with Crippen molar-refractivity contribution in [3.63, 3.8) is 0 Å². The first kappa shape index (κ1) is 22.5. The number of hydrogen-bond donors (Lipinski definition) is 2. The highest BCUT2D eigenvalue weighted by Gasteiger charge is 2.31. The molecule has 30 heavy (non-hydrogen) atoms. The number of ether oxygens (including phenoxy) is 1. The summed E-state index contributed by atoms with van der Waals surface area (Å²) < 4.78 is 81.6. The summed E-state index contributed by atoms with van der Waals surface area (Å²) in [6, 6.07) is 9.50. The molecule has 0 aliphatic carbocycles. The van der Waals surface area contributed by atoms with E-state index in [0.717, 1.165) is 42.9 Å². The van der Waals surface area contributed by atoms with Gasteiger partial charge in [-0.15, -0.1) is 13.2 Å². The van der Waals surface area contributed by atoms with Gasteiger partial charge in [-0.25, -0.2) is 17.5 Å². The van der Waals surface area contributed by atoms with Crippen LogP contribution in [0.5, 0.6) is 5.75 Å². The molecule has 0 radical (unpaired) electrons. The molecular weight excluding hydrogens is 426 g/mol.